The number of carbonyl (C=O) groups is 2. The molecular formula is C17H21NO5. The predicted molar refractivity (Wildman–Crippen MR) is 82.3 cm³/mol. The largest absolute Gasteiger partial charge is 0.467 e. The van der Waals surface area contributed by atoms with Gasteiger partial charge < -0.3 is 19.1 Å². The van der Waals surface area contributed by atoms with Crippen LogP contribution in [0.4, 0.5) is 0 Å². The van der Waals surface area contributed by atoms with Gasteiger partial charge in [-0.1, -0.05) is 30.4 Å². The summed E-state index contributed by atoms with van der Waals surface area (Å²) in [7, 11) is 1.27. The summed E-state index contributed by atoms with van der Waals surface area (Å²) in [6.07, 6.45) is 8.11. The van der Waals surface area contributed by atoms with Crippen LogP contribution in [0.15, 0.2) is 36.0 Å². The molecule has 3 atom stereocenters. The fraction of sp³-hybridized carbons (Fsp3) is 0.529. The highest BCUT2D eigenvalue weighted by molar-refractivity contribution is 5.89. The van der Waals surface area contributed by atoms with Gasteiger partial charge in [-0.2, -0.15) is 0 Å². The van der Waals surface area contributed by atoms with Gasteiger partial charge in [0, 0.05) is 19.0 Å². The summed E-state index contributed by atoms with van der Waals surface area (Å²) in [5, 5.41) is 0. The van der Waals surface area contributed by atoms with E-state index in [1.54, 1.807) is 18.7 Å². The van der Waals surface area contributed by atoms with Gasteiger partial charge in [0.05, 0.1) is 7.11 Å². The number of allylic oxidation sites excluding steroid dienone is 3. The van der Waals surface area contributed by atoms with Gasteiger partial charge in [-0.3, -0.25) is 4.79 Å². The second kappa shape index (κ2) is 5.94. The van der Waals surface area contributed by atoms with E-state index in [9.17, 15) is 9.59 Å². The third-order valence-electron chi connectivity index (χ3n) is 4.22. The molecule has 0 aromatic carbocycles. The first-order valence-electron chi connectivity index (χ1n) is 7.68. The molecule has 1 saturated heterocycles. The summed E-state index contributed by atoms with van der Waals surface area (Å²) in [4.78, 5) is 26.4. The lowest BCUT2D eigenvalue weighted by molar-refractivity contribution is -0.169. The summed E-state index contributed by atoms with van der Waals surface area (Å²) in [5.74, 6) is -1.65. The van der Waals surface area contributed by atoms with Crippen LogP contribution in [0, 0.1) is 5.92 Å². The molecule has 0 aromatic rings. The average Bonchev–Trinajstić information content (AvgIpc) is 2.88. The van der Waals surface area contributed by atoms with Crippen molar-refractivity contribution in [2.24, 2.45) is 5.92 Å². The number of amides is 1. The summed E-state index contributed by atoms with van der Waals surface area (Å²) in [6, 6.07) is 0. The van der Waals surface area contributed by atoms with Crippen LogP contribution in [0.5, 0.6) is 0 Å². The number of fused-ring (bicyclic) bond motifs is 1. The van der Waals surface area contributed by atoms with Crippen molar-refractivity contribution in [3.63, 3.8) is 0 Å². The Morgan fingerprint density at radius 1 is 1.26 bits per heavy atom. The molecule has 0 N–H and O–H groups in total. The van der Waals surface area contributed by atoms with Gasteiger partial charge >= 0.3 is 5.97 Å². The Morgan fingerprint density at radius 2 is 2.00 bits per heavy atom. The molecule has 2 aliphatic heterocycles. The van der Waals surface area contributed by atoms with Gasteiger partial charge in [0.2, 0.25) is 0 Å². The smallest absolute Gasteiger partial charge is 0.338 e. The lowest BCUT2D eigenvalue weighted by atomic mass is 9.91. The maximum absolute atomic E-state index is 12.8. The minimum Gasteiger partial charge on any atom is -0.467 e. The topological polar surface area (TPSA) is 65.1 Å². The number of nitrogens with zero attached hydrogens (tertiary/aromatic N) is 1. The molecule has 0 spiro atoms. The van der Waals surface area contributed by atoms with Crippen molar-refractivity contribution in [1.29, 1.82) is 0 Å². The average molecular weight is 319 g/mol. The van der Waals surface area contributed by atoms with Crippen molar-refractivity contribution in [3.05, 3.63) is 36.0 Å². The molecule has 0 radical (unpaired) electrons. The molecule has 2 heterocycles. The van der Waals surface area contributed by atoms with Gasteiger partial charge in [0.25, 0.3) is 5.91 Å². The van der Waals surface area contributed by atoms with Crippen molar-refractivity contribution < 1.29 is 23.8 Å². The van der Waals surface area contributed by atoms with Gasteiger partial charge in [-0.25, -0.2) is 4.79 Å². The van der Waals surface area contributed by atoms with E-state index in [2.05, 4.69) is 12.2 Å². The molecule has 0 saturated carbocycles. The van der Waals surface area contributed by atoms with E-state index in [0.29, 0.717) is 13.1 Å². The van der Waals surface area contributed by atoms with Crippen LogP contribution >= 0.6 is 0 Å². The first kappa shape index (κ1) is 16.0. The Hall–Kier alpha value is -1.92. The van der Waals surface area contributed by atoms with Gasteiger partial charge in [-0.15, -0.1) is 0 Å². The van der Waals surface area contributed by atoms with Gasteiger partial charge in [0.15, 0.2) is 18.0 Å². The number of rotatable bonds is 2. The van der Waals surface area contributed by atoms with Crippen LogP contribution in [0.1, 0.15) is 13.8 Å². The fourth-order valence-corrected chi connectivity index (χ4v) is 3.10. The molecular weight excluding hydrogens is 298 g/mol. The number of carbonyl (C=O) groups excluding carboxylic acids is 2. The lowest BCUT2D eigenvalue weighted by Gasteiger charge is -2.33. The molecule has 0 bridgehead atoms. The van der Waals surface area contributed by atoms with Gasteiger partial charge in [-0.05, 0) is 19.4 Å². The Kier molecular flexibility index (Phi) is 4.12. The van der Waals surface area contributed by atoms with E-state index in [0.717, 1.165) is 0 Å². The molecule has 124 valence electrons. The standard InChI is InChI=1S/C17H21NO5/c1-17(2)22-13(14(23-17)16(20)21-3)15(19)18-9-8-11-6-4-5-7-12(11)10-18/h4-8,12-14H,9-10H2,1-3H3/t12?,13-,14-/m1/s1. The van der Waals surface area contributed by atoms with Crippen LogP contribution in [0.3, 0.4) is 0 Å². The van der Waals surface area contributed by atoms with E-state index >= 15 is 0 Å². The molecule has 6 heteroatoms. The molecule has 1 unspecified atom stereocenters. The van der Waals surface area contributed by atoms with E-state index in [4.69, 9.17) is 14.2 Å². The summed E-state index contributed by atoms with van der Waals surface area (Å²) < 4.78 is 16.0. The highest BCUT2D eigenvalue weighted by Crippen LogP contribution is 2.31. The van der Waals surface area contributed by atoms with Crippen molar-refractivity contribution in [1.82, 2.24) is 4.90 Å². The van der Waals surface area contributed by atoms with Crippen molar-refractivity contribution >= 4 is 11.9 Å². The van der Waals surface area contributed by atoms with E-state index in [-0.39, 0.29) is 11.8 Å². The highest BCUT2D eigenvalue weighted by atomic mass is 16.8. The Morgan fingerprint density at radius 3 is 2.74 bits per heavy atom. The van der Waals surface area contributed by atoms with E-state index in [1.165, 1.54) is 12.7 Å². The van der Waals surface area contributed by atoms with Crippen molar-refractivity contribution in [2.45, 2.75) is 31.8 Å². The molecule has 23 heavy (non-hydrogen) atoms. The van der Waals surface area contributed by atoms with Crippen LogP contribution in [-0.2, 0) is 23.8 Å². The molecule has 3 rings (SSSR count). The molecule has 1 amide bonds. The predicted octanol–water partition coefficient (Wildman–Crippen LogP) is 1.19. The maximum Gasteiger partial charge on any atom is 0.338 e. The first-order chi connectivity index (χ1) is 10.9. The number of hydrogen-bond donors (Lipinski definition) is 0. The molecule has 1 aliphatic carbocycles. The maximum atomic E-state index is 12.8. The zero-order chi connectivity index (χ0) is 16.6. The molecule has 0 aromatic heterocycles. The van der Waals surface area contributed by atoms with E-state index < -0.39 is 24.0 Å². The van der Waals surface area contributed by atoms with Crippen LogP contribution in [0.2, 0.25) is 0 Å². The molecule has 3 aliphatic rings. The van der Waals surface area contributed by atoms with Gasteiger partial charge in [0.1, 0.15) is 0 Å². The third kappa shape index (κ3) is 3.09. The summed E-state index contributed by atoms with van der Waals surface area (Å²) in [5.41, 5.74) is 1.21. The zero-order valence-electron chi connectivity index (χ0n) is 13.5. The second-order valence-corrected chi connectivity index (χ2v) is 6.30. The SMILES string of the molecule is COC(=O)[C@@H]1OC(C)(C)O[C@H]1C(=O)N1CC=C2C=CC=CC2C1. The van der Waals surface area contributed by atoms with Crippen LogP contribution in [0.25, 0.3) is 0 Å². The lowest BCUT2D eigenvalue weighted by Crippen LogP contribution is -2.49. The Balaban J connectivity index is 1.77. The molecule has 1 fully saturated rings. The number of ether oxygens (including phenoxy) is 3. The minimum absolute atomic E-state index is 0.185. The molecule has 6 nitrogen and oxygen atoms in total. The van der Waals surface area contributed by atoms with E-state index in [1.807, 2.05) is 18.2 Å². The Bertz CT molecular complexity index is 604. The fourth-order valence-electron chi connectivity index (χ4n) is 3.10. The second-order valence-electron chi connectivity index (χ2n) is 6.30. The van der Waals surface area contributed by atoms with Crippen LogP contribution < -0.4 is 0 Å². The zero-order valence-corrected chi connectivity index (χ0v) is 13.5. The number of hydrogen-bond acceptors (Lipinski definition) is 5. The third-order valence-corrected chi connectivity index (χ3v) is 4.22. The monoisotopic (exact) mass is 319 g/mol. The van der Waals surface area contributed by atoms with Crippen LogP contribution in [-0.4, -0.2) is 55.0 Å². The van der Waals surface area contributed by atoms with Crippen molar-refractivity contribution in [2.75, 3.05) is 20.2 Å². The summed E-state index contributed by atoms with van der Waals surface area (Å²) >= 11 is 0. The normalized spacial score (nSPS) is 31.5. The Labute approximate surface area is 135 Å². The van der Waals surface area contributed by atoms with Crippen molar-refractivity contribution in [3.8, 4) is 0 Å². The number of methoxy groups -OCH3 is 1. The minimum atomic E-state index is -1.03. The highest BCUT2D eigenvalue weighted by Gasteiger charge is 2.51. The summed E-state index contributed by atoms with van der Waals surface area (Å²) in [6.45, 7) is 4.43. The first-order valence-corrected chi connectivity index (χ1v) is 7.68. The number of esters is 1. The quantitative estimate of drug-likeness (QED) is 0.715.